The lowest BCUT2D eigenvalue weighted by atomic mass is 10.1. The molecule has 0 aliphatic carbocycles. The third-order valence-electron chi connectivity index (χ3n) is 2.42. The Balaban J connectivity index is 2.33. The summed E-state index contributed by atoms with van der Waals surface area (Å²) in [6.45, 7) is 3.06. The molecule has 0 amide bonds. The van der Waals surface area contributed by atoms with Gasteiger partial charge in [0.05, 0.1) is 6.04 Å². The number of halogens is 1. The summed E-state index contributed by atoms with van der Waals surface area (Å²) < 4.78 is 0. The zero-order valence-corrected chi connectivity index (χ0v) is 10.7. The first-order valence-corrected chi connectivity index (χ1v) is 6.59. The maximum absolute atomic E-state index is 6.03. The van der Waals surface area contributed by atoms with Crippen LogP contribution in [0.1, 0.15) is 23.4 Å². The highest BCUT2D eigenvalue weighted by atomic mass is 35.5. The van der Waals surface area contributed by atoms with Gasteiger partial charge in [-0.25, -0.2) is 0 Å². The Morgan fingerprint density at radius 2 is 2.19 bits per heavy atom. The number of hydrogen-bond donors (Lipinski definition) is 1. The van der Waals surface area contributed by atoms with Crippen molar-refractivity contribution >= 4 is 22.9 Å². The number of nitrogens with one attached hydrogen (secondary N) is 1. The SMILES string of the molecule is CCNC(c1cccc(Cl)c1)c1cccs1. The van der Waals surface area contributed by atoms with Crippen LogP contribution < -0.4 is 5.32 Å². The van der Waals surface area contributed by atoms with Crippen LogP contribution in [0.2, 0.25) is 5.02 Å². The summed E-state index contributed by atoms with van der Waals surface area (Å²) in [7, 11) is 0. The molecule has 2 rings (SSSR count). The molecule has 0 saturated heterocycles. The predicted octanol–water partition coefficient (Wildman–Crippen LogP) is 4.10. The van der Waals surface area contributed by atoms with Gasteiger partial charge in [0.25, 0.3) is 0 Å². The van der Waals surface area contributed by atoms with Crippen molar-refractivity contribution in [1.29, 1.82) is 0 Å². The van der Waals surface area contributed by atoms with Crippen LogP contribution in [0.5, 0.6) is 0 Å². The van der Waals surface area contributed by atoms with Gasteiger partial charge in [-0.15, -0.1) is 11.3 Å². The molecule has 1 nitrogen and oxygen atoms in total. The maximum Gasteiger partial charge on any atom is 0.0671 e. The second kappa shape index (κ2) is 5.48. The van der Waals surface area contributed by atoms with E-state index in [0.717, 1.165) is 11.6 Å². The topological polar surface area (TPSA) is 12.0 Å². The minimum absolute atomic E-state index is 0.253. The van der Waals surface area contributed by atoms with Crippen LogP contribution in [0.15, 0.2) is 41.8 Å². The summed E-state index contributed by atoms with van der Waals surface area (Å²) in [4.78, 5) is 1.32. The smallest absolute Gasteiger partial charge is 0.0671 e. The molecule has 0 bridgehead atoms. The lowest BCUT2D eigenvalue weighted by Crippen LogP contribution is -2.20. The summed E-state index contributed by atoms with van der Waals surface area (Å²) in [6, 6.07) is 12.5. The predicted molar refractivity (Wildman–Crippen MR) is 71.3 cm³/mol. The third-order valence-corrected chi connectivity index (χ3v) is 3.59. The van der Waals surface area contributed by atoms with Gasteiger partial charge in [0, 0.05) is 9.90 Å². The molecule has 16 heavy (non-hydrogen) atoms. The van der Waals surface area contributed by atoms with Crippen LogP contribution in [0.4, 0.5) is 0 Å². The molecule has 1 N–H and O–H groups in total. The molecule has 84 valence electrons. The second-order valence-corrected chi connectivity index (χ2v) is 4.98. The average molecular weight is 252 g/mol. The third kappa shape index (κ3) is 2.64. The van der Waals surface area contributed by atoms with E-state index in [1.54, 1.807) is 11.3 Å². The van der Waals surface area contributed by atoms with Gasteiger partial charge in [0.1, 0.15) is 0 Å². The number of hydrogen-bond acceptors (Lipinski definition) is 2. The van der Waals surface area contributed by atoms with Crippen LogP contribution in [-0.2, 0) is 0 Å². The fraction of sp³-hybridized carbons (Fsp3) is 0.231. The molecular formula is C13H14ClNS. The van der Waals surface area contributed by atoms with Crippen LogP contribution in [0, 0.1) is 0 Å². The summed E-state index contributed by atoms with van der Waals surface area (Å²) in [5.41, 5.74) is 1.22. The van der Waals surface area contributed by atoms with Crippen molar-refractivity contribution < 1.29 is 0 Å². The minimum Gasteiger partial charge on any atom is -0.306 e. The second-order valence-electron chi connectivity index (χ2n) is 3.56. The molecule has 0 fully saturated rings. The van der Waals surface area contributed by atoms with Crippen LogP contribution in [0.3, 0.4) is 0 Å². The van der Waals surface area contributed by atoms with Gasteiger partial charge in [0.2, 0.25) is 0 Å². The van der Waals surface area contributed by atoms with Gasteiger partial charge < -0.3 is 5.32 Å². The standard InChI is InChI=1S/C13H14ClNS/c1-2-15-13(12-7-4-8-16-12)10-5-3-6-11(14)9-10/h3-9,13,15H,2H2,1H3. The average Bonchev–Trinajstić information content (AvgIpc) is 2.79. The highest BCUT2D eigenvalue weighted by Gasteiger charge is 2.13. The van der Waals surface area contributed by atoms with Gasteiger partial charge in [-0.2, -0.15) is 0 Å². The molecule has 1 atom stereocenters. The minimum atomic E-state index is 0.253. The molecule has 0 radical (unpaired) electrons. The van der Waals surface area contributed by atoms with Crippen LogP contribution in [0.25, 0.3) is 0 Å². The Bertz CT molecular complexity index is 439. The molecule has 1 heterocycles. The number of rotatable bonds is 4. The summed E-state index contributed by atoms with van der Waals surface area (Å²) >= 11 is 7.79. The number of thiophene rings is 1. The quantitative estimate of drug-likeness (QED) is 0.863. The van der Waals surface area contributed by atoms with E-state index in [9.17, 15) is 0 Å². The molecule has 1 unspecified atom stereocenters. The van der Waals surface area contributed by atoms with Crippen molar-refractivity contribution in [2.45, 2.75) is 13.0 Å². The van der Waals surface area contributed by atoms with E-state index in [1.165, 1.54) is 10.4 Å². The Morgan fingerprint density at radius 1 is 1.31 bits per heavy atom. The Morgan fingerprint density at radius 3 is 2.81 bits per heavy atom. The van der Waals surface area contributed by atoms with Gasteiger partial charge in [0.15, 0.2) is 0 Å². The molecule has 0 saturated carbocycles. The fourth-order valence-corrected chi connectivity index (χ4v) is 2.75. The highest BCUT2D eigenvalue weighted by Crippen LogP contribution is 2.27. The first-order chi connectivity index (χ1) is 7.81. The van der Waals surface area contributed by atoms with E-state index < -0.39 is 0 Å². The molecule has 0 aliphatic heterocycles. The Labute approximate surface area is 105 Å². The molecule has 1 aromatic carbocycles. The molecule has 0 aliphatic rings. The lowest BCUT2D eigenvalue weighted by Gasteiger charge is -2.17. The largest absolute Gasteiger partial charge is 0.306 e. The van der Waals surface area contributed by atoms with Gasteiger partial charge in [-0.1, -0.05) is 36.7 Å². The van der Waals surface area contributed by atoms with Crippen molar-refractivity contribution in [2.24, 2.45) is 0 Å². The zero-order chi connectivity index (χ0) is 11.4. The van der Waals surface area contributed by atoms with E-state index in [1.807, 2.05) is 18.2 Å². The number of benzene rings is 1. The summed E-state index contributed by atoms with van der Waals surface area (Å²) in [5, 5.41) is 6.37. The molecule has 0 spiro atoms. The van der Waals surface area contributed by atoms with E-state index in [4.69, 9.17) is 11.6 Å². The van der Waals surface area contributed by atoms with E-state index >= 15 is 0 Å². The Hall–Kier alpha value is -0.830. The monoisotopic (exact) mass is 251 g/mol. The Kier molecular flexibility index (Phi) is 3.99. The fourth-order valence-electron chi connectivity index (χ4n) is 1.73. The van der Waals surface area contributed by atoms with Crippen LogP contribution >= 0.6 is 22.9 Å². The molecule has 3 heteroatoms. The van der Waals surface area contributed by atoms with Crippen LogP contribution in [-0.4, -0.2) is 6.54 Å². The molecule has 1 aromatic heterocycles. The van der Waals surface area contributed by atoms with Crippen molar-refractivity contribution in [3.8, 4) is 0 Å². The van der Waals surface area contributed by atoms with E-state index in [-0.39, 0.29) is 6.04 Å². The first kappa shape index (κ1) is 11.6. The van der Waals surface area contributed by atoms with Crippen molar-refractivity contribution in [2.75, 3.05) is 6.54 Å². The van der Waals surface area contributed by atoms with Gasteiger partial charge in [-0.3, -0.25) is 0 Å². The van der Waals surface area contributed by atoms with Crippen molar-refractivity contribution in [3.63, 3.8) is 0 Å². The van der Waals surface area contributed by atoms with Gasteiger partial charge >= 0.3 is 0 Å². The maximum atomic E-state index is 6.03. The van der Waals surface area contributed by atoms with Crippen molar-refractivity contribution in [3.05, 3.63) is 57.2 Å². The zero-order valence-electron chi connectivity index (χ0n) is 9.11. The highest BCUT2D eigenvalue weighted by molar-refractivity contribution is 7.10. The van der Waals surface area contributed by atoms with E-state index in [2.05, 4.69) is 35.8 Å². The van der Waals surface area contributed by atoms with Gasteiger partial charge in [-0.05, 0) is 35.7 Å². The first-order valence-electron chi connectivity index (χ1n) is 5.33. The lowest BCUT2D eigenvalue weighted by molar-refractivity contribution is 0.640. The summed E-state index contributed by atoms with van der Waals surface area (Å²) in [6.07, 6.45) is 0. The molecular weight excluding hydrogens is 238 g/mol. The normalized spacial score (nSPS) is 12.6. The summed E-state index contributed by atoms with van der Waals surface area (Å²) in [5.74, 6) is 0. The molecule has 2 aromatic rings. The van der Waals surface area contributed by atoms with Crippen molar-refractivity contribution in [1.82, 2.24) is 5.32 Å². The van der Waals surface area contributed by atoms with E-state index in [0.29, 0.717) is 0 Å².